The van der Waals surface area contributed by atoms with Crippen molar-refractivity contribution < 1.29 is 12.8 Å². The van der Waals surface area contributed by atoms with Gasteiger partial charge in [-0.15, -0.1) is 0 Å². The van der Waals surface area contributed by atoms with Gasteiger partial charge < -0.3 is 4.57 Å². The number of anilines is 1. The summed E-state index contributed by atoms with van der Waals surface area (Å²) >= 11 is 6.00. The summed E-state index contributed by atoms with van der Waals surface area (Å²) in [4.78, 5) is 12.7. The zero-order valence-corrected chi connectivity index (χ0v) is 15.9. The summed E-state index contributed by atoms with van der Waals surface area (Å²) in [5.74, 6) is -0.542. The Morgan fingerprint density at radius 2 is 1.78 bits per heavy atom. The molecule has 1 aromatic heterocycles. The standard InChI is InChI=1S/C19H16ClFN2O3S/c1-13-7-9-14(10-8-13)27(25,26)22-18-6-3-11-23(19(18)24)12-15-16(20)4-2-5-17(15)21/h2-11,22H,12H2,1H3. The Hall–Kier alpha value is -2.64. The minimum Gasteiger partial charge on any atom is -0.309 e. The third-order valence-electron chi connectivity index (χ3n) is 3.99. The molecule has 0 aliphatic heterocycles. The van der Waals surface area contributed by atoms with E-state index >= 15 is 0 Å². The van der Waals surface area contributed by atoms with E-state index in [1.165, 1.54) is 53.2 Å². The van der Waals surface area contributed by atoms with Gasteiger partial charge in [0, 0.05) is 16.8 Å². The van der Waals surface area contributed by atoms with Gasteiger partial charge in [-0.3, -0.25) is 9.52 Å². The average molecular weight is 407 g/mol. The van der Waals surface area contributed by atoms with Gasteiger partial charge in [0.15, 0.2) is 0 Å². The fraction of sp³-hybridized carbons (Fsp3) is 0.105. The van der Waals surface area contributed by atoms with Gasteiger partial charge in [-0.2, -0.15) is 0 Å². The molecule has 0 aliphatic rings. The molecule has 1 heterocycles. The van der Waals surface area contributed by atoms with Crippen LogP contribution >= 0.6 is 11.6 Å². The minimum atomic E-state index is -3.92. The van der Waals surface area contributed by atoms with E-state index in [9.17, 15) is 17.6 Å². The number of nitrogens with zero attached hydrogens (tertiary/aromatic N) is 1. The van der Waals surface area contributed by atoms with Gasteiger partial charge in [-0.1, -0.05) is 35.4 Å². The molecule has 140 valence electrons. The molecule has 0 amide bonds. The first-order valence-corrected chi connectivity index (χ1v) is 9.86. The van der Waals surface area contributed by atoms with E-state index < -0.39 is 21.4 Å². The summed E-state index contributed by atoms with van der Waals surface area (Å²) in [6, 6.07) is 13.3. The van der Waals surface area contributed by atoms with Crippen molar-refractivity contribution in [2.75, 3.05) is 4.72 Å². The summed E-state index contributed by atoms with van der Waals surface area (Å²) in [5, 5.41) is 0.188. The van der Waals surface area contributed by atoms with E-state index in [0.29, 0.717) is 0 Å². The highest BCUT2D eigenvalue weighted by molar-refractivity contribution is 7.92. The maximum absolute atomic E-state index is 14.0. The van der Waals surface area contributed by atoms with E-state index in [1.54, 1.807) is 12.1 Å². The highest BCUT2D eigenvalue weighted by Crippen LogP contribution is 2.20. The van der Waals surface area contributed by atoms with Crippen molar-refractivity contribution >= 4 is 27.3 Å². The Morgan fingerprint density at radius 1 is 1.07 bits per heavy atom. The Kier molecular flexibility index (Phi) is 5.34. The van der Waals surface area contributed by atoms with Gasteiger partial charge >= 0.3 is 0 Å². The fourth-order valence-electron chi connectivity index (χ4n) is 2.51. The van der Waals surface area contributed by atoms with Crippen LogP contribution < -0.4 is 10.3 Å². The molecular formula is C19H16ClFN2O3S. The second kappa shape index (κ2) is 7.54. The largest absolute Gasteiger partial charge is 0.309 e. The highest BCUT2D eigenvalue weighted by Gasteiger charge is 2.17. The van der Waals surface area contributed by atoms with Crippen LogP contribution in [-0.2, 0) is 16.6 Å². The molecule has 0 saturated heterocycles. The Balaban J connectivity index is 1.94. The molecule has 0 atom stereocenters. The quantitative estimate of drug-likeness (QED) is 0.700. The third-order valence-corrected chi connectivity index (χ3v) is 5.72. The lowest BCUT2D eigenvalue weighted by Gasteiger charge is -2.12. The lowest BCUT2D eigenvalue weighted by atomic mass is 10.2. The van der Waals surface area contributed by atoms with Crippen molar-refractivity contribution in [1.82, 2.24) is 4.57 Å². The van der Waals surface area contributed by atoms with Gasteiger partial charge in [0.25, 0.3) is 15.6 Å². The van der Waals surface area contributed by atoms with E-state index in [-0.39, 0.29) is 27.7 Å². The van der Waals surface area contributed by atoms with Crippen LogP contribution in [0, 0.1) is 12.7 Å². The van der Waals surface area contributed by atoms with Crippen molar-refractivity contribution in [3.8, 4) is 0 Å². The van der Waals surface area contributed by atoms with Crippen LogP contribution in [0.2, 0.25) is 5.02 Å². The van der Waals surface area contributed by atoms with Gasteiger partial charge in [0.05, 0.1) is 11.4 Å². The van der Waals surface area contributed by atoms with Crippen molar-refractivity contribution in [2.45, 2.75) is 18.4 Å². The van der Waals surface area contributed by atoms with E-state index in [4.69, 9.17) is 11.6 Å². The number of benzene rings is 2. The van der Waals surface area contributed by atoms with Crippen LogP contribution in [0.3, 0.4) is 0 Å². The first-order chi connectivity index (χ1) is 12.8. The number of aryl methyl sites for hydroxylation is 1. The van der Waals surface area contributed by atoms with Gasteiger partial charge in [-0.25, -0.2) is 12.8 Å². The molecule has 2 aromatic carbocycles. The number of hydrogen-bond donors (Lipinski definition) is 1. The van der Waals surface area contributed by atoms with E-state index in [2.05, 4.69) is 4.72 Å². The molecular weight excluding hydrogens is 391 g/mol. The molecule has 3 rings (SSSR count). The van der Waals surface area contributed by atoms with Gasteiger partial charge in [0.1, 0.15) is 11.5 Å². The molecule has 0 fully saturated rings. The molecule has 0 saturated carbocycles. The SMILES string of the molecule is Cc1ccc(S(=O)(=O)Nc2cccn(Cc3c(F)cccc3Cl)c2=O)cc1. The number of pyridine rings is 1. The minimum absolute atomic E-state index is 0.0417. The number of hydrogen-bond acceptors (Lipinski definition) is 3. The molecule has 3 aromatic rings. The smallest absolute Gasteiger partial charge is 0.275 e. The molecule has 5 nitrogen and oxygen atoms in total. The number of aromatic nitrogens is 1. The van der Waals surface area contributed by atoms with Crippen LogP contribution in [-0.4, -0.2) is 13.0 Å². The zero-order chi connectivity index (χ0) is 19.6. The predicted octanol–water partition coefficient (Wildman–Crippen LogP) is 3.80. The van der Waals surface area contributed by atoms with Gasteiger partial charge in [0.2, 0.25) is 0 Å². The van der Waals surface area contributed by atoms with Crippen molar-refractivity contribution in [2.24, 2.45) is 0 Å². The number of nitrogens with one attached hydrogen (secondary N) is 1. The molecule has 0 radical (unpaired) electrons. The lowest BCUT2D eigenvalue weighted by Crippen LogP contribution is -2.26. The number of sulfonamides is 1. The van der Waals surface area contributed by atoms with Crippen LogP contribution in [0.5, 0.6) is 0 Å². The van der Waals surface area contributed by atoms with Crippen molar-refractivity contribution in [1.29, 1.82) is 0 Å². The maximum atomic E-state index is 14.0. The number of halogens is 2. The van der Waals surface area contributed by atoms with E-state index in [0.717, 1.165) is 5.56 Å². The molecule has 0 bridgehead atoms. The third kappa shape index (κ3) is 4.20. The first kappa shape index (κ1) is 19.1. The summed E-state index contributed by atoms with van der Waals surface area (Å²) in [5.41, 5.74) is 0.329. The Labute approximate surface area is 161 Å². The topological polar surface area (TPSA) is 68.2 Å². The molecule has 1 N–H and O–H groups in total. The fourth-order valence-corrected chi connectivity index (χ4v) is 3.79. The average Bonchev–Trinajstić information content (AvgIpc) is 2.61. The molecule has 0 spiro atoms. The van der Waals surface area contributed by atoms with Crippen LogP contribution in [0.15, 0.2) is 70.5 Å². The van der Waals surface area contributed by atoms with Crippen LogP contribution in [0.1, 0.15) is 11.1 Å². The summed E-state index contributed by atoms with van der Waals surface area (Å²) < 4.78 is 42.5. The Bertz CT molecular complexity index is 1120. The van der Waals surface area contributed by atoms with Crippen molar-refractivity contribution in [3.63, 3.8) is 0 Å². The highest BCUT2D eigenvalue weighted by atomic mass is 35.5. The first-order valence-electron chi connectivity index (χ1n) is 8.00. The zero-order valence-electron chi connectivity index (χ0n) is 14.3. The van der Waals surface area contributed by atoms with Crippen LogP contribution in [0.25, 0.3) is 0 Å². The Morgan fingerprint density at radius 3 is 2.44 bits per heavy atom. The van der Waals surface area contributed by atoms with Crippen LogP contribution in [0.4, 0.5) is 10.1 Å². The molecule has 0 unspecified atom stereocenters. The predicted molar refractivity (Wildman–Crippen MR) is 103 cm³/mol. The van der Waals surface area contributed by atoms with Crippen molar-refractivity contribution in [3.05, 3.63) is 93.1 Å². The maximum Gasteiger partial charge on any atom is 0.275 e. The molecule has 0 aliphatic carbocycles. The summed E-state index contributed by atoms with van der Waals surface area (Å²) in [6.45, 7) is 1.72. The van der Waals surface area contributed by atoms with E-state index in [1.807, 2.05) is 6.92 Å². The molecule has 8 heteroatoms. The van der Waals surface area contributed by atoms with Gasteiger partial charge in [-0.05, 0) is 43.3 Å². The summed E-state index contributed by atoms with van der Waals surface area (Å²) in [7, 11) is -3.92. The second-order valence-corrected chi connectivity index (χ2v) is 8.06. The second-order valence-electron chi connectivity index (χ2n) is 5.97. The lowest BCUT2D eigenvalue weighted by molar-refractivity contribution is 0.595. The number of rotatable bonds is 5. The normalized spacial score (nSPS) is 11.4. The monoisotopic (exact) mass is 406 g/mol. The molecule has 27 heavy (non-hydrogen) atoms. The summed E-state index contributed by atoms with van der Waals surface area (Å²) in [6.07, 6.45) is 1.44.